The van der Waals surface area contributed by atoms with E-state index in [1.54, 1.807) is 24.0 Å². The lowest BCUT2D eigenvalue weighted by molar-refractivity contribution is -0.140. The first-order valence-corrected chi connectivity index (χ1v) is 14.6. The number of nitrogens with zero attached hydrogens (tertiary/aromatic N) is 2. The van der Waals surface area contributed by atoms with E-state index in [4.69, 9.17) is 16.3 Å². The molecule has 0 heterocycles. The zero-order chi connectivity index (χ0) is 27.6. The second-order valence-corrected chi connectivity index (χ2v) is 11.4. The summed E-state index contributed by atoms with van der Waals surface area (Å²) in [5.41, 5.74) is 2.38. The number of halogens is 1. The van der Waals surface area contributed by atoms with E-state index >= 15 is 0 Å². The number of hydrogen-bond donors (Lipinski definition) is 1. The second-order valence-electron chi connectivity index (χ2n) is 9.09. The molecule has 1 N–H and O–H groups in total. The van der Waals surface area contributed by atoms with E-state index in [9.17, 15) is 18.0 Å². The Morgan fingerprint density at radius 1 is 1.14 bits per heavy atom. The third-order valence-corrected chi connectivity index (χ3v) is 7.50. The van der Waals surface area contributed by atoms with Crippen LogP contribution in [0.25, 0.3) is 0 Å². The van der Waals surface area contributed by atoms with Gasteiger partial charge in [-0.2, -0.15) is 0 Å². The van der Waals surface area contributed by atoms with Crippen LogP contribution < -0.4 is 14.4 Å². The first-order chi connectivity index (χ1) is 17.5. The van der Waals surface area contributed by atoms with Crippen molar-refractivity contribution in [2.24, 2.45) is 0 Å². The summed E-state index contributed by atoms with van der Waals surface area (Å²) < 4.78 is 31.4. The van der Waals surface area contributed by atoms with Gasteiger partial charge in [0, 0.05) is 26.1 Å². The third kappa shape index (κ3) is 9.23. The van der Waals surface area contributed by atoms with Gasteiger partial charge >= 0.3 is 0 Å². The average Bonchev–Trinajstić information content (AvgIpc) is 2.84. The van der Waals surface area contributed by atoms with Gasteiger partial charge in [0.15, 0.2) is 0 Å². The van der Waals surface area contributed by atoms with Crippen molar-refractivity contribution >= 4 is 39.1 Å². The maximum absolute atomic E-state index is 13.4. The van der Waals surface area contributed by atoms with Crippen molar-refractivity contribution in [1.82, 2.24) is 10.2 Å². The normalized spacial score (nSPS) is 12.1. The average molecular weight is 552 g/mol. The molecule has 8 nitrogen and oxygen atoms in total. The molecule has 0 aromatic heterocycles. The number of rotatable bonds is 14. The van der Waals surface area contributed by atoms with Crippen molar-refractivity contribution in [3.8, 4) is 5.75 Å². The van der Waals surface area contributed by atoms with E-state index in [1.807, 2.05) is 38.1 Å². The summed E-state index contributed by atoms with van der Waals surface area (Å²) in [4.78, 5) is 27.7. The Balaban J connectivity index is 2.17. The summed E-state index contributed by atoms with van der Waals surface area (Å²) in [6, 6.07) is 11.9. The number of nitrogens with one attached hydrogen (secondary N) is 1. The van der Waals surface area contributed by atoms with Crippen LogP contribution in [0.3, 0.4) is 0 Å². The van der Waals surface area contributed by atoms with E-state index in [1.165, 1.54) is 17.5 Å². The number of aryl methyl sites for hydroxylation is 1. The van der Waals surface area contributed by atoms with Crippen molar-refractivity contribution in [3.05, 3.63) is 58.6 Å². The summed E-state index contributed by atoms with van der Waals surface area (Å²) in [6.07, 6.45) is 3.27. The van der Waals surface area contributed by atoms with Crippen molar-refractivity contribution in [1.29, 1.82) is 0 Å². The van der Waals surface area contributed by atoms with E-state index in [2.05, 4.69) is 5.32 Å². The highest BCUT2D eigenvalue weighted by atomic mass is 35.5. The van der Waals surface area contributed by atoms with Crippen molar-refractivity contribution in [2.75, 3.05) is 30.8 Å². The quantitative estimate of drug-likeness (QED) is 0.348. The van der Waals surface area contributed by atoms with E-state index in [0.29, 0.717) is 18.0 Å². The molecule has 0 fully saturated rings. The van der Waals surface area contributed by atoms with Gasteiger partial charge < -0.3 is 15.0 Å². The number of ether oxygens (including phenoxy) is 1. The van der Waals surface area contributed by atoms with Gasteiger partial charge in [-0.1, -0.05) is 54.8 Å². The van der Waals surface area contributed by atoms with E-state index < -0.39 is 16.1 Å². The minimum Gasteiger partial charge on any atom is -0.495 e. The smallest absolute Gasteiger partial charge is 0.242 e. The molecular weight excluding hydrogens is 514 g/mol. The fourth-order valence-corrected chi connectivity index (χ4v) is 5.15. The predicted octanol–water partition coefficient (Wildman–Crippen LogP) is 4.54. The molecule has 0 aliphatic carbocycles. The zero-order valence-corrected chi connectivity index (χ0v) is 23.9. The van der Waals surface area contributed by atoms with Crippen LogP contribution in [0.1, 0.15) is 50.7 Å². The number of methoxy groups -OCH3 is 1. The van der Waals surface area contributed by atoms with Crippen LogP contribution in [0.15, 0.2) is 42.5 Å². The number of amides is 2. The number of carbonyl (C=O) groups is 2. The van der Waals surface area contributed by atoms with Gasteiger partial charge in [-0.25, -0.2) is 8.42 Å². The van der Waals surface area contributed by atoms with Crippen molar-refractivity contribution in [3.63, 3.8) is 0 Å². The summed E-state index contributed by atoms with van der Waals surface area (Å²) in [5.74, 6) is 0.00740. The minimum atomic E-state index is -3.62. The number of benzene rings is 2. The molecule has 0 saturated carbocycles. The molecule has 10 heteroatoms. The molecule has 0 spiro atoms. The second kappa shape index (κ2) is 14.2. The van der Waals surface area contributed by atoms with E-state index in [0.717, 1.165) is 30.2 Å². The van der Waals surface area contributed by atoms with Gasteiger partial charge in [0.2, 0.25) is 21.8 Å². The predicted molar refractivity (Wildman–Crippen MR) is 149 cm³/mol. The Morgan fingerprint density at radius 2 is 1.86 bits per heavy atom. The molecule has 0 bridgehead atoms. The first kappa shape index (κ1) is 30.4. The lowest BCUT2D eigenvalue weighted by atomic mass is 10.1. The van der Waals surface area contributed by atoms with E-state index in [-0.39, 0.29) is 42.8 Å². The number of hydrogen-bond acceptors (Lipinski definition) is 5. The molecule has 2 aromatic carbocycles. The molecule has 0 unspecified atom stereocenters. The van der Waals surface area contributed by atoms with Gasteiger partial charge in [-0.15, -0.1) is 0 Å². The Kier molecular flexibility index (Phi) is 11.7. The summed E-state index contributed by atoms with van der Waals surface area (Å²) in [7, 11) is -2.14. The van der Waals surface area contributed by atoms with Crippen LogP contribution in [-0.4, -0.2) is 57.6 Å². The third-order valence-electron chi connectivity index (χ3n) is 6.01. The molecular formula is C27H38ClN3O5S. The summed E-state index contributed by atoms with van der Waals surface area (Å²) >= 11 is 6.20. The Hall–Kier alpha value is -2.78. The van der Waals surface area contributed by atoms with Crippen LogP contribution in [0, 0.1) is 6.92 Å². The standard InChI is InChI=1S/C27H38ClN3O5S/c1-6-7-15-29-27(33)21(3)30(19-22-11-8-10-20(2)17-22)26(32)12-9-16-31(37(5,34)35)23-13-14-25(36-4)24(28)18-23/h8,10-11,13-14,17-18,21H,6-7,9,12,15-16,19H2,1-5H3,(H,29,33)/t21-/m0/s1. The number of anilines is 1. The molecule has 1 atom stereocenters. The van der Waals surface area contributed by atoms with Crippen molar-refractivity contribution in [2.45, 2.75) is 59.0 Å². The molecule has 2 aromatic rings. The summed E-state index contributed by atoms with van der Waals surface area (Å²) in [6.45, 7) is 6.66. The highest BCUT2D eigenvalue weighted by Gasteiger charge is 2.26. The number of sulfonamides is 1. The molecule has 0 radical (unpaired) electrons. The topological polar surface area (TPSA) is 96.0 Å². The molecule has 0 aliphatic heterocycles. The molecule has 204 valence electrons. The van der Waals surface area contributed by atoms with Crippen LogP contribution >= 0.6 is 11.6 Å². The van der Waals surface area contributed by atoms with Crippen molar-refractivity contribution < 1.29 is 22.7 Å². The van der Waals surface area contributed by atoms with Gasteiger partial charge in [0.1, 0.15) is 11.8 Å². The van der Waals surface area contributed by atoms with Crippen LogP contribution in [0.2, 0.25) is 5.02 Å². The highest BCUT2D eigenvalue weighted by molar-refractivity contribution is 7.92. The Morgan fingerprint density at radius 3 is 2.46 bits per heavy atom. The van der Waals surface area contributed by atoms with Gasteiger partial charge in [-0.3, -0.25) is 13.9 Å². The largest absolute Gasteiger partial charge is 0.495 e. The fourth-order valence-electron chi connectivity index (χ4n) is 3.94. The maximum Gasteiger partial charge on any atom is 0.242 e. The summed E-state index contributed by atoms with van der Waals surface area (Å²) in [5, 5.41) is 3.19. The van der Waals surface area contributed by atoms with Crippen LogP contribution in [0.4, 0.5) is 5.69 Å². The minimum absolute atomic E-state index is 0.0777. The first-order valence-electron chi connectivity index (χ1n) is 12.4. The molecule has 37 heavy (non-hydrogen) atoms. The Labute approximate surface area is 226 Å². The highest BCUT2D eigenvalue weighted by Crippen LogP contribution is 2.30. The SMILES string of the molecule is CCCCNC(=O)[C@H](C)N(Cc1cccc(C)c1)C(=O)CCCN(c1ccc(OC)c(Cl)c1)S(C)(=O)=O. The molecule has 0 aliphatic rings. The monoisotopic (exact) mass is 551 g/mol. The van der Waals surface area contributed by atoms with Gasteiger partial charge in [-0.05, 0) is 50.5 Å². The number of carbonyl (C=O) groups excluding carboxylic acids is 2. The fraction of sp³-hybridized carbons (Fsp3) is 0.481. The number of unbranched alkanes of at least 4 members (excludes halogenated alkanes) is 1. The molecule has 0 saturated heterocycles. The Bertz CT molecular complexity index is 1170. The molecule has 2 amide bonds. The van der Waals surface area contributed by atoms with Gasteiger partial charge in [0.05, 0.1) is 24.1 Å². The lowest BCUT2D eigenvalue weighted by Gasteiger charge is -2.29. The molecule has 2 rings (SSSR count). The lowest BCUT2D eigenvalue weighted by Crippen LogP contribution is -2.48. The van der Waals surface area contributed by atoms with Crippen LogP contribution in [0.5, 0.6) is 5.75 Å². The van der Waals surface area contributed by atoms with Crippen LogP contribution in [-0.2, 0) is 26.2 Å². The van der Waals surface area contributed by atoms with Gasteiger partial charge in [0.25, 0.3) is 0 Å². The maximum atomic E-state index is 13.4. The zero-order valence-electron chi connectivity index (χ0n) is 22.3.